The summed E-state index contributed by atoms with van der Waals surface area (Å²) in [6.07, 6.45) is -4.49. The van der Waals surface area contributed by atoms with E-state index in [9.17, 15) is 18.3 Å². The normalized spacial score (nSPS) is 15.4. The van der Waals surface area contributed by atoms with Crippen LogP contribution in [0.5, 0.6) is 0 Å². The second-order valence-corrected chi connectivity index (χ2v) is 5.43. The van der Waals surface area contributed by atoms with Gasteiger partial charge >= 0.3 is 6.18 Å². The molecule has 0 fully saturated rings. The molecule has 0 bridgehead atoms. The first-order valence-electron chi connectivity index (χ1n) is 5.87. The Hall–Kier alpha value is -0.940. The van der Waals surface area contributed by atoms with Gasteiger partial charge in [-0.2, -0.15) is 13.2 Å². The van der Waals surface area contributed by atoms with Crippen molar-refractivity contribution in [1.82, 2.24) is 0 Å². The second-order valence-electron chi connectivity index (χ2n) is 5.03. The third-order valence-corrected chi connectivity index (χ3v) is 3.50. The standard InChI is InChI=1S/C13H17ClF3NO/c1-8(2)12(3,19)7-18-11-9(13(15,16)17)5-4-6-10(11)14/h4-6,8,18-19H,7H2,1-3H3. The molecule has 1 rings (SSSR count). The molecule has 6 heteroatoms. The van der Waals surface area contributed by atoms with E-state index in [2.05, 4.69) is 5.32 Å². The lowest BCUT2D eigenvalue weighted by molar-refractivity contribution is -0.137. The molecule has 1 aromatic rings. The van der Waals surface area contributed by atoms with E-state index in [1.807, 2.05) is 0 Å². The van der Waals surface area contributed by atoms with E-state index in [1.165, 1.54) is 12.1 Å². The fourth-order valence-corrected chi connectivity index (χ4v) is 1.65. The molecule has 1 atom stereocenters. The van der Waals surface area contributed by atoms with Crippen LogP contribution in [0.15, 0.2) is 18.2 Å². The molecule has 0 aliphatic heterocycles. The first-order valence-corrected chi connectivity index (χ1v) is 6.25. The minimum Gasteiger partial charge on any atom is -0.388 e. The Labute approximate surface area is 115 Å². The van der Waals surface area contributed by atoms with Crippen LogP contribution in [-0.2, 0) is 6.18 Å². The van der Waals surface area contributed by atoms with Crippen molar-refractivity contribution >= 4 is 17.3 Å². The second kappa shape index (κ2) is 5.59. The van der Waals surface area contributed by atoms with Crippen molar-refractivity contribution in [2.75, 3.05) is 11.9 Å². The summed E-state index contributed by atoms with van der Waals surface area (Å²) in [4.78, 5) is 0. The molecule has 0 amide bonds. The van der Waals surface area contributed by atoms with E-state index in [4.69, 9.17) is 11.6 Å². The SMILES string of the molecule is CC(C)C(C)(O)CNc1c(Cl)cccc1C(F)(F)F. The molecule has 2 nitrogen and oxygen atoms in total. The van der Waals surface area contributed by atoms with Gasteiger partial charge in [-0.3, -0.25) is 0 Å². The van der Waals surface area contributed by atoms with Gasteiger partial charge in [0.1, 0.15) is 0 Å². The zero-order valence-electron chi connectivity index (χ0n) is 11.0. The fraction of sp³-hybridized carbons (Fsp3) is 0.538. The molecule has 0 saturated carbocycles. The Morgan fingerprint density at radius 1 is 1.32 bits per heavy atom. The zero-order valence-corrected chi connectivity index (χ0v) is 11.7. The maximum absolute atomic E-state index is 12.8. The number of para-hydroxylation sites is 1. The lowest BCUT2D eigenvalue weighted by Crippen LogP contribution is -2.39. The average Bonchev–Trinajstić information content (AvgIpc) is 2.25. The van der Waals surface area contributed by atoms with Crippen LogP contribution < -0.4 is 5.32 Å². The summed E-state index contributed by atoms with van der Waals surface area (Å²) < 4.78 is 38.5. The molecule has 1 unspecified atom stereocenters. The highest BCUT2D eigenvalue weighted by molar-refractivity contribution is 6.33. The molecule has 0 aliphatic carbocycles. The highest BCUT2D eigenvalue weighted by Gasteiger charge is 2.35. The summed E-state index contributed by atoms with van der Waals surface area (Å²) in [6, 6.07) is 3.58. The number of hydrogen-bond acceptors (Lipinski definition) is 2. The maximum Gasteiger partial charge on any atom is 0.418 e. The van der Waals surface area contributed by atoms with Crippen molar-refractivity contribution in [2.45, 2.75) is 32.5 Å². The number of hydrogen-bond donors (Lipinski definition) is 2. The molecular weight excluding hydrogens is 279 g/mol. The summed E-state index contributed by atoms with van der Waals surface area (Å²) in [5.41, 5.74) is -2.15. The Morgan fingerprint density at radius 2 is 1.89 bits per heavy atom. The minimum absolute atomic E-state index is 0.0164. The van der Waals surface area contributed by atoms with Crippen LogP contribution in [0.4, 0.5) is 18.9 Å². The van der Waals surface area contributed by atoms with E-state index < -0.39 is 17.3 Å². The van der Waals surface area contributed by atoms with Crippen molar-refractivity contribution in [1.29, 1.82) is 0 Å². The molecule has 1 aromatic carbocycles. The molecule has 2 N–H and O–H groups in total. The van der Waals surface area contributed by atoms with Crippen LogP contribution in [0, 0.1) is 5.92 Å². The molecule has 19 heavy (non-hydrogen) atoms. The number of aliphatic hydroxyl groups is 1. The molecular formula is C13H17ClF3NO. The van der Waals surface area contributed by atoms with Gasteiger partial charge in [0, 0.05) is 6.54 Å². The number of anilines is 1. The van der Waals surface area contributed by atoms with Crippen LogP contribution >= 0.6 is 11.6 Å². The zero-order chi connectivity index (χ0) is 14.8. The van der Waals surface area contributed by atoms with Crippen molar-refractivity contribution in [3.8, 4) is 0 Å². The first-order chi connectivity index (χ1) is 8.55. The average molecular weight is 296 g/mol. The molecule has 0 radical (unpaired) electrons. The molecule has 0 heterocycles. The summed E-state index contributed by atoms with van der Waals surface area (Å²) in [6.45, 7) is 5.13. The van der Waals surface area contributed by atoms with Crippen molar-refractivity contribution in [3.05, 3.63) is 28.8 Å². The van der Waals surface area contributed by atoms with E-state index in [0.29, 0.717) is 0 Å². The predicted molar refractivity (Wildman–Crippen MR) is 70.4 cm³/mol. The molecule has 108 valence electrons. The third-order valence-electron chi connectivity index (χ3n) is 3.19. The van der Waals surface area contributed by atoms with Gasteiger partial charge in [-0.05, 0) is 25.0 Å². The third kappa shape index (κ3) is 4.01. The summed E-state index contributed by atoms with van der Waals surface area (Å²) >= 11 is 5.80. The van der Waals surface area contributed by atoms with Crippen LogP contribution in [0.1, 0.15) is 26.3 Å². The van der Waals surface area contributed by atoms with Gasteiger partial charge in [-0.1, -0.05) is 31.5 Å². The van der Waals surface area contributed by atoms with Gasteiger partial charge in [0.25, 0.3) is 0 Å². The van der Waals surface area contributed by atoms with Gasteiger partial charge < -0.3 is 10.4 Å². The highest BCUT2D eigenvalue weighted by atomic mass is 35.5. The Kier molecular flexibility index (Phi) is 4.74. The monoisotopic (exact) mass is 295 g/mol. The van der Waals surface area contributed by atoms with Gasteiger partial charge in [-0.25, -0.2) is 0 Å². The van der Waals surface area contributed by atoms with E-state index in [0.717, 1.165) is 6.07 Å². The number of benzene rings is 1. The lowest BCUT2D eigenvalue weighted by atomic mass is 9.92. The number of nitrogens with one attached hydrogen (secondary N) is 1. The van der Waals surface area contributed by atoms with Gasteiger partial charge in [-0.15, -0.1) is 0 Å². The van der Waals surface area contributed by atoms with Gasteiger partial charge in [0.05, 0.1) is 21.9 Å². The fourth-order valence-electron chi connectivity index (χ4n) is 1.41. The summed E-state index contributed by atoms with van der Waals surface area (Å²) in [5.74, 6) is -0.100. The predicted octanol–water partition coefficient (Wildman–Crippen LogP) is 4.18. The van der Waals surface area contributed by atoms with Crippen LogP contribution in [0.25, 0.3) is 0 Å². The maximum atomic E-state index is 12.8. The number of alkyl halides is 3. The van der Waals surface area contributed by atoms with Crippen molar-refractivity contribution in [3.63, 3.8) is 0 Å². The van der Waals surface area contributed by atoms with Crippen LogP contribution in [0.2, 0.25) is 5.02 Å². The number of halogens is 4. The lowest BCUT2D eigenvalue weighted by Gasteiger charge is -2.29. The minimum atomic E-state index is -4.49. The topological polar surface area (TPSA) is 32.3 Å². The Balaban J connectivity index is 3.02. The van der Waals surface area contributed by atoms with Gasteiger partial charge in [0.2, 0.25) is 0 Å². The van der Waals surface area contributed by atoms with E-state index in [-0.39, 0.29) is 23.2 Å². The molecule has 0 saturated heterocycles. The van der Waals surface area contributed by atoms with E-state index in [1.54, 1.807) is 20.8 Å². The highest BCUT2D eigenvalue weighted by Crippen LogP contribution is 2.38. The first kappa shape index (κ1) is 16.1. The van der Waals surface area contributed by atoms with E-state index >= 15 is 0 Å². The Bertz CT molecular complexity index is 444. The summed E-state index contributed by atoms with van der Waals surface area (Å²) in [5, 5.41) is 12.6. The van der Waals surface area contributed by atoms with Crippen LogP contribution in [-0.4, -0.2) is 17.3 Å². The smallest absolute Gasteiger partial charge is 0.388 e. The quantitative estimate of drug-likeness (QED) is 0.873. The number of rotatable bonds is 4. The molecule has 0 spiro atoms. The van der Waals surface area contributed by atoms with Crippen molar-refractivity contribution < 1.29 is 18.3 Å². The summed E-state index contributed by atoms with van der Waals surface area (Å²) in [7, 11) is 0. The Morgan fingerprint density at radius 3 is 2.37 bits per heavy atom. The van der Waals surface area contributed by atoms with Crippen LogP contribution in [0.3, 0.4) is 0 Å². The molecule has 0 aromatic heterocycles. The molecule has 0 aliphatic rings. The largest absolute Gasteiger partial charge is 0.418 e. The van der Waals surface area contributed by atoms with Crippen molar-refractivity contribution in [2.24, 2.45) is 5.92 Å². The van der Waals surface area contributed by atoms with Gasteiger partial charge in [0.15, 0.2) is 0 Å².